The van der Waals surface area contributed by atoms with Crippen LogP contribution in [0.1, 0.15) is 37.8 Å². The normalized spacial score (nSPS) is 21.9. The van der Waals surface area contributed by atoms with Crippen LogP contribution in [0.3, 0.4) is 0 Å². The van der Waals surface area contributed by atoms with Crippen molar-refractivity contribution in [1.82, 2.24) is 5.32 Å². The van der Waals surface area contributed by atoms with E-state index in [4.69, 9.17) is 14.2 Å². The second-order valence-electron chi connectivity index (χ2n) is 5.88. The number of benzene rings is 1. The lowest BCUT2D eigenvalue weighted by Crippen LogP contribution is -2.23. The number of hydrogen-bond acceptors (Lipinski definition) is 4. The molecule has 0 saturated carbocycles. The zero-order valence-electron chi connectivity index (χ0n) is 12.8. The number of fused-ring (bicyclic) bond motifs is 1. The van der Waals surface area contributed by atoms with Gasteiger partial charge in [0.1, 0.15) is 18.1 Å². The number of nitrogens with one attached hydrogen (secondary N) is 1. The second kappa shape index (κ2) is 7.14. The topological polar surface area (TPSA) is 39.7 Å². The van der Waals surface area contributed by atoms with Crippen LogP contribution in [0.4, 0.5) is 0 Å². The summed E-state index contributed by atoms with van der Waals surface area (Å²) in [4.78, 5) is 0. The van der Waals surface area contributed by atoms with Crippen molar-refractivity contribution in [1.29, 1.82) is 0 Å². The quantitative estimate of drug-likeness (QED) is 0.875. The Labute approximate surface area is 126 Å². The molecule has 2 heterocycles. The van der Waals surface area contributed by atoms with Crippen LogP contribution in [0.5, 0.6) is 11.5 Å². The molecule has 1 unspecified atom stereocenters. The highest BCUT2D eigenvalue weighted by atomic mass is 16.5. The molecule has 2 aliphatic rings. The molecule has 1 aromatic rings. The molecule has 21 heavy (non-hydrogen) atoms. The molecule has 116 valence electrons. The van der Waals surface area contributed by atoms with E-state index in [0.717, 1.165) is 63.7 Å². The van der Waals surface area contributed by atoms with Gasteiger partial charge in [-0.15, -0.1) is 0 Å². The maximum atomic E-state index is 5.93. The molecule has 0 radical (unpaired) electrons. The third kappa shape index (κ3) is 3.69. The van der Waals surface area contributed by atoms with E-state index in [0.29, 0.717) is 12.0 Å². The Hall–Kier alpha value is -1.26. The fourth-order valence-corrected chi connectivity index (χ4v) is 2.89. The van der Waals surface area contributed by atoms with Gasteiger partial charge in [-0.1, -0.05) is 6.92 Å². The summed E-state index contributed by atoms with van der Waals surface area (Å²) in [5.74, 6) is 2.50. The minimum atomic E-state index is 0.324. The molecule has 0 aromatic heterocycles. The van der Waals surface area contributed by atoms with Crippen molar-refractivity contribution in [2.75, 3.05) is 33.0 Å². The summed E-state index contributed by atoms with van der Waals surface area (Å²) in [6, 6.07) is 6.55. The first-order chi connectivity index (χ1) is 10.4. The molecular formula is C17H25NO3. The van der Waals surface area contributed by atoms with Crippen molar-refractivity contribution < 1.29 is 14.2 Å². The number of hydrogen-bond donors (Lipinski definition) is 1. The minimum absolute atomic E-state index is 0.324. The highest BCUT2D eigenvalue weighted by Gasteiger charge is 2.24. The summed E-state index contributed by atoms with van der Waals surface area (Å²) in [5, 5.41) is 3.51. The average molecular weight is 291 g/mol. The van der Waals surface area contributed by atoms with E-state index in [1.165, 1.54) is 5.56 Å². The first-order valence-corrected chi connectivity index (χ1v) is 8.07. The summed E-state index contributed by atoms with van der Waals surface area (Å²) in [7, 11) is 0. The molecule has 1 fully saturated rings. The van der Waals surface area contributed by atoms with Crippen LogP contribution < -0.4 is 14.8 Å². The van der Waals surface area contributed by atoms with Crippen LogP contribution >= 0.6 is 0 Å². The summed E-state index contributed by atoms with van der Waals surface area (Å²) in [5.41, 5.74) is 1.25. The molecule has 0 amide bonds. The number of rotatable bonds is 6. The fraction of sp³-hybridized carbons (Fsp3) is 0.647. The molecule has 1 atom stereocenters. The van der Waals surface area contributed by atoms with Gasteiger partial charge in [0.05, 0.1) is 12.6 Å². The minimum Gasteiger partial charge on any atom is -0.493 e. The number of ether oxygens (including phenoxy) is 3. The van der Waals surface area contributed by atoms with E-state index < -0.39 is 0 Å². The van der Waals surface area contributed by atoms with Crippen LogP contribution in [0.2, 0.25) is 0 Å². The van der Waals surface area contributed by atoms with Crippen molar-refractivity contribution in [3.63, 3.8) is 0 Å². The van der Waals surface area contributed by atoms with Crippen LogP contribution in [0.15, 0.2) is 18.2 Å². The molecule has 3 rings (SSSR count). The summed E-state index contributed by atoms with van der Waals surface area (Å²) in [6.07, 6.45) is 3.34. The van der Waals surface area contributed by atoms with E-state index in [9.17, 15) is 0 Å². The third-order valence-electron chi connectivity index (χ3n) is 4.23. The molecule has 0 aliphatic carbocycles. The molecule has 2 aliphatic heterocycles. The van der Waals surface area contributed by atoms with Crippen LogP contribution in [-0.2, 0) is 4.74 Å². The van der Waals surface area contributed by atoms with Gasteiger partial charge in [-0.2, -0.15) is 0 Å². The van der Waals surface area contributed by atoms with E-state index in [-0.39, 0.29) is 0 Å². The highest BCUT2D eigenvalue weighted by molar-refractivity contribution is 5.45. The summed E-state index contributed by atoms with van der Waals surface area (Å²) in [6.45, 7) is 6.43. The second-order valence-corrected chi connectivity index (χ2v) is 5.88. The Kier molecular flexibility index (Phi) is 4.99. The van der Waals surface area contributed by atoms with Crippen molar-refractivity contribution in [3.05, 3.63) is 23.8 Å². The van der Waals surface area contributed by atoms with Gasteiger partial charge in [-0.25, -0.2) is 0 Å². The van der Waals surface area contributed by atoms with E-state index in [1.54, 1.807) is 0 Å². The predicted octanol–water partition coefficient (Wildman–Crippen LogP) is 2.93. The van der Waals surface area contributed by atoms with Gasteiger partial charge in [0.25, 0.3) is 0 Å². The predicted molar refractivity (Wildman–Crippen MR) is 82.0 cm³/mol. The van der Waals surface area contributed by atoms with Crippen molar-refractivity contribution in [3.8, 4) is 11.5 Å². The van der Waals surface area contributed by atoms with Crippen LogP contribution in [0.25, 0.3) is 0 Å². The maximum Gasteiger partial charge on any atom is 0.127 e. The van der Waals surface area contributed by atoms with Gasteiger partial charge >= 0.3 is 0 Å². The average Bonchev–Trinajstić information content (AvgIpc) is 2.94. The molecule has 4 nitrogen and oxygen atoms in total. The van der Waals surface area contributed by atoms with Crippen LogP contribution in [-0.4, -0.2) is 33.0 Å². The van der Waals surface area contributed by atoms with Crippen molar-refractivity contribution >= 4 is 0 Å². The van der Waals surface area contributed by atoms with Gasteiger partial charge in [-0.3, -0.25) is 0 Å². The molecule has 1 saturated heterocycles. The summed E-state index contributed by atoms with van der Waals surface area (Å²) >= 11 is 0. The molecule has 1 aromatic carbocycles. The third-order valence-corrected chi connectivity index (χ3v) is 4.23. The highest BCUT2D eigenvalue weighted by Crippen LogP contribution is 2.35. The largest absolute Gasteiger partial charge is 0.493 e. The molecular weight excluding hydrogens is 266 g/mol. The van der Waals surface area contributed by atoms with Crippen molar-refractivity contribution in [2.45, 2.75) is 32.2 Å². The Morgan fingerprint density at radius 1 is 1.29 bits per heavy atom. The zero-order chi connectivity index (χ0) is 14.5. The van der Waals surface area contributed by atoms with E-state index in [1.807, 2.05) is 6.07 Å². The monoisotopic (exact) mass is 291 g/mol. The zero-order valence-corrected chi connectivity index (χ0v) is 12.8. The van der Waals surface area contributed by atoms with Gasteiger partial charge in [-0.05, 0) is 43.9 Å². The Bertz CT molecular complexity index is 457. The first-order valence-electron chi connectivity index (χ1n) is 8.07. The molecule has 0 spiro atoms. The Balaban J connectivity index is 1.56. The standard InChI is InChI=1S/C17H25NO3/c1-2-7-18-16-12-21-17-10-14(3-4-15(16)17)20-11-13-5-8-19-9-6-13/h3-4,10,13,16,18H,2,5-9,11-12H2,1H3. The lowest BCUT2D eigenvalue weighted by atomic mass is 10.0. The maximum absolute atomic E-state index is 5.93. The smallest absolute Gasteiger partial charge is 0.127 e. The fourth-order valence-electron chi connectivity index (χ4n) is 2.89. The Morgan fingerprint density at radius 2 is 2.14 bits per heavy atom. The van der Waals surface area contributed by atoms with Gasteiger partial charge in [0.15, 0.2) is 0 Å². The SMILES string of the molecule is CCCNC1COc2cc(OCC3CCOCC3)ccc21. The van der Waals surface area contributed by atoms with Gasteiger partial charge in [0.2, 0.25) is 0 Å². The molecule has 0 bridgehead atoms. The van der Waals surface area contributed by atoms with Crippen LogP contribution in [0, 0.1) is 5.92 Å². The van der Waals surface area contributed by atoms with Gasteiger partial charge < -0.3 is 19.5 Å². The molecule has 4 heteroatoms. The van der Waals surface area contributed by atoms with E-state index >= 15 is 0 Å². The lowest BCUT2D eigenvalue weighted by molar-refractivity contribution is 0.0497. The molecule has 1 N–H and O–H groups in total. The van der Waals surface area contributed by atoms with Gasteiger partial charge in [0, 0.05) is 24.8 Å². The Morgan fingerprint density at radius 3 is 2.95 bits per heavy atom. The van der Waals surface area contributed by atoms with Crippen molar-refractivity contribution in [2.24, 2.45) is 5.92 Å². The summed E-state index contributed by atoms with van der Waals surface area (Å²) < 4.78 is 17.1. The lowest BCUT2D eigenvalue weighted by Gasteiger charge is -2.22. The first kappa shape index (κ1) is 14.7. The van der Waals surface area contributed by atoms with E-state index in [2.05, 4.69) is 24.4 Å².